The van der Waals surface area contributed by atoms with Crippen LogP contribution in [-0.2, 0) is 0 Å². The molecule has 4 heteroatoms. The highest BCUT2D eigenvalue weighted by atomic mass is 35.5. The summed E-state index contributed by atoms with van der Waals surface area (Å²) in [7, 11) is 0. The van der Waals surface area contributed by atoms with E-state index in [1.54, 1.807) is 6.07 Å². The Labute approximate surface area is 124 Å². The molecule has 0 aliphatic rings. The number of nitrogens with two attached hydrogens (primary N) is 1. The zero-order valence-electron chi connectivity index (χ0n) is 11.6. The van der Waals surface area contributed by atoms with Crippen LogP contribution in [0.3, 0.4) is 0 Å². The molecule has 0 aromatic heterocycles. The largest absolute Gasteiger partial charge is 0.490 e. The SMILES string of the molecule is CCOc1ccccc1Oc1ccc(C(C)N)c(Cl)c1. The molecule has 0 aliphatic carbocycles. The highest BCUT2D eigenvalue weighted by Gasteiger charge is 2.09. The highest BCUT2D eigenvalue weighted by molar-refractivity contribution is 6.31. The maximum absolute atomic E-state index is 6.20. The van der Waals surface area contributed by atoms with E-state index in [0.29, 0.717) is 28.9 Å². The first kappa shape index (κ1) is 14.7. The number of ether oxygens (including phenoxy) is 2. The summed E-state index contributed by atoms with van der Waals surface area (Å²) >= 11 is 6.20. The zero-order chi connectivity index (χ0) is 14.5. The first-order valence-corrected chi connectivity index (χ1v) is 6.94. The summed E-state index contributed by atoms with van der Waals surface area (Å²) < 4.78 is 11.4. The van der Waals surface area contributed by atoms with Crippen LogP contribution in [0.2, 0.25) is 5.02 Å². The van der Waals surface area contributed by atoms with Gasteiger partial charge in [0.05, 0.1) is 6.61 Å². The van der Waals surface area contributed by atoms with Crippen molar-refractivity contribution in [1.29, 1.82) is 0 Å². The molecule has 3 nitrogen and oxygen atoms in total. The van der Waals surface area contributed by atoms with Gasteiger partial charge >= 0.3 is 0 Å². The van der Waals surface area contributed by atoms with Crippen molar-refractivity contribution in [2.24, 2.45) is 5.73 Å². The Morgan fingerprint density at radius 1 is 1.15 bits per heavy atom. The average Bonchev–Trinajstić information content (AvgIpc) is 2.41. The monoisotopic (exact) mass is 291 g/mol. The smallest absolute Gasteiger partial charge is 0.169 e. The second-order valence-corrected chi connectivity index (χ2v) is 4.86. The van der Waals surface area contributed by atoms with Crippen LogP contribution in [0, 0.1) is 0 Å². The van der Waals surface area contributed by atoms with Crippen LogP contribution in [0.5, 0.6) is 17.2 Å². The molecule has 106 valence electrons. The molecule has 0 saturated heterocycles. The number of rotatable bonds is 5. The maximum atomic E-state index is 6.20. The van der Waals surface area contributed by atoms with Gasteiger partial charge in [0.2, 0.25) is 0 Å². The van der Waals surface area contributed by atoms with Crippen molar-refractivity contribution >= 4 is 11.6 Å². The van der Waals surface area contributed by atoms with E-state index in [2.05, 4.69) is 0 Å². The summed E-state index contributed by atoms with van der Waals surface area (Å²) in [5.41, 5.74) is 6.74. The lowest BCUT2D eigenvalue weighted by Crippen LogP contribution is -2.05. The van der Waals surface area contributed by atoms with Crippen LogP contribution in [0.15, 0.2) is 42.5 Å². The van der Waals surface area contributed by atoms with Gasteiger partial charge in [-0.05, 0) is 43.7 Å². The highest BCUT2D eigenvalue weighted by Crippen LogP contribution is 2.33. The molecule has 0 spiro atoms. The number of para-hydroxylation sites is 2. The third-order valence-electron chi connectivity index (χ3n) is 2.84. The van der Waals surface area contributed by atoms with Crippen LogP contribution in [0.25, 0.3) is 0 Å². The first-order chi connectivity index (χ1) is 9.61. The maximum Gasteiger partial charge on any atom is 0.169 e. The molecule has 1 atom stereocenters. The molecule has 0 bridgehead atoms. The number of halogens is 1. The molecule has 0 saturated carbocycles. The van der Waals surface area contributed by atoms with Crippen LogP contribution < -0.4 is 15.2 Å². The van der Waals surface area contributed by atoms with Gasteiger partial charge in [-0.25, -0.2) is 0 Å². The Morgan fingerprint density at radius 2 is 1.85 bits per heavy atom. The molecular weight excluding hydrogens is 274 g/mol. The molecule has 2 N–H and O–H groups in total. The van der Waals surface area contributed by atoms with Gasteiger partial charge in [-0.3, -0.25) is 0 Å². The first-order valence-electron chi connectivity index (χ1n) is 6.56. The van der Waals surface area contributed by atoms with E-state index in [4.69, 9.17) is 26.8 Å². The third kappa shape index (κ3) is 3.44. The lowest BCUT2D eigenvalue weighted by Gasteiger charge is -2.13. The summed E-state index contributed by atoms with van der Waals surface area (Å²) in [4.78, 5) is 0. The standard InChI is InChI=1S/C16H18ClNO2/c1-3-19-15-6-4-5-7-16(15)20-12-8-9-13(11(2)18)14(17)10-12/h4-11H,3,18H2,1-2H3. The molecule has 0 aliphatic heterocycles. The van der Waals surface area contributed by atoms with E-state index in [0.717, 1.165) is 5.56 Å². The van der Waals surface area contributed by atoms with E-state index in [1.807, 2.05) is 50.2 Å². The third-order valence-corrected chi connectivity index (χ3v) is 3.17. The van der Waals surface area contributed by atoms with E-state index in [1.165, 1.54) is 0 Å². The second kappa shape index (κ2) is 6.64. The molecule has 2 rings (SSSR count). The molecule has 2 aromatic carbocycles. The van der Waals surface area contributed by atoms with Gasteiger partial charge in [0, 0.05) is 11.1 Å². The average molecular weight is 292 g/mol. The Hall–Kier alpha value is -1.71. The van der Waals surface area contributed by atoms with Crippen LogP contribution in [-0.4, -0.2) is 6.61 Å². The van der Waals surface area contributed by atoms with Gasteiger partial charge in [-0.15, -0.1) is 0 Å². The van der Waals surface area contributed by atoms with Crippen molar-refractivity contribution in [2.75, 3.05) is 6.61 Å². The van der Waals surface area contributed by atoms with E-state index in [9.17, 15) is 0 Å². The molecule has 0 fully saturated rings. The molecule has 2 aromatic rings. The summed E-state index contributed by atoms with van der Waals surface area (Å²) in [6, 6.07) is 12.9. The minimum Gasteiger partial charge on any atom is -0.490 e. The van der Waals surface area contributed by atoms with Crippen molar-refractivity contribution in [3.05, 3.63) is 53.1 Å². The zero-order valence-corrected chi connectivity index (χ0v) is 12.4. The number of hydrogen-bond acceptors (Lipinski definition) is 3. The Kier molecular flexibility index (Phi) is 4.88. The Bertz CT molecular complexity index is 584. The van der Waals surface area contributed by atoms with Gasteiger partial charge in [-0.1, -0.05) is 29.8 Å². The van der Waals surface area contributed by atoms with E-state index in [-0.39, 0.29) is 6.04 Å². The minimum absolute atomic E-state index is 0.104. The van der Waals surface area contributed by atoms with Gasteiger partial charge in [0.25, 0.3) is 0 Å². The molecular formula is C16H18ClNO2. The van der Waals surface area contributed by atoms with Crippen LogP contribution >= 0.6 is 11.6 Å². The van der Waals surface area contributed by atoms with E-state index >= 15 is 0 Å². The molecule has 20 heavy (non-hydrogen) atoms. The summed E-state index contributed by atoms with van der Waals surface area (Å²) in [5.74, 6) is 2.04. The topological polar surface area (TPSA) is 44.5 Å². The fourth-order valence-electron chi connectivity index (χ4n) is 1.88. The van der Waals surface area contributed by atoms with Crippen LogP contribution in [0.1, 0.15) is 25.5 Å². The van der Waals surface area contributed by atoms with Crippen molar-refractivity contribution in [3.63, 3.8) is 0 Å². The number of benzene rings is 2. The normalized spacial score (nSPS) is 12.0. The van der Waals surface area contributed by atoms with Gasteiger partial charge in [0.1, 0.15) is 5.75 Å². The van der Waals surface area contributed by atoms with Gasteiger partial charge in [0.15, 0.2) is 11.5 Å². The predicted octanol–water partition coefficient (Wildman–Crippen LogP) is 4.55. The Morgan fingerprint density at radius 3 is 2.45 bits per heavy atom. The quantitative estimate of drug-likeness (QED) is 0.879. The van der Waals surface area contributed by atoms with Crippen molar-refractivity contribution in [2.45, 2.75) is 19.9 Å². The predicted molar refractivity (Wildman–Crippen MR) is 81.7 cm³/mol. The molecule has 0 radical (unpaired) electrons. The fourth-order valence-corrected chi connectivity index (χ4v) is 2.22. The lowest BCUT2D eigenvalue weighted by molar-refractivity contribution is 0.321. The van der Waals surface area contributed by atoms with Gasteiger partial charge < -0.3 is 15.2 Å². The fraction of sp³-hybridized carbons (Fsp3) is 0.250. The van der Waals surface area contributed by atoms with E-state index < -0.39 is 0 Å². The molecule has 1 unspecified atom stereocenters. The molecule has 0 heterocycles. The van der Waals surface area contributed by atoms with Crippen LogP contribution in [0.4, 0.5) is 0 Å². The molecule has 0 amide bonds. The summed E-state index contributed by atoms with van der Waals surface area (Å²) in [6.45, 7) is 4.42. The van der Waals surface area contributed by atoms with Gasteiger partial charge in [-0.2, -0.15) is 0 Å². The summed E-state index contributed by atoms with van der Waals surface area (Å²) in [6.07, 6.45) is 0. The number of hydrogen-bond donors (Lipinski definition) is 1. The lowest BCUT2D eigenvalue weighted by atomic mass is 10.1. The summed E-state index contributed by atoms with van der Waals surface area (Å²) in [5, 5.41) is 0.603. The Balaban J connectivity index is 2.24. The minimum atomic E-state index is -0.104. The second-order valence-electron chi connectivity index (χ2n) is 4.45. The van der Waals surface area contributed by atoms with Crippen molar-refractivity contribution in [1.82, 2.24) is 0 Å². The van der Waals surface area contributed by atoms with Crippen molar-refractivity contribution < 1.29 is 9.47 Å². The van der Waals surface area contributed by atoms with Crippen molar-refractivity contribution in [3.8, 4) is 17.2 Å².